The smallest absolute Gasteiger partial charge is 0.331 e. The third kappa shape index (κ3) is 3.90. The lowest BCUT2D eigenvalue weighted by atomic mass is 10.0. The van der Waals surface area contributed by atoms with Crippen LogP contribution in [-0.4, -0.2) is 30.4 Å². The summed E-state index contributed by atoms with van der Waals surface area (Å²) in [7, 11) is 4.80. The maximum atomic E-state index is 12.8. The molecule has 0 aliphatic rings. The van der Waals surface area contributed by atoms with Gasteiger partial charge in [-0.15, -0.1) is 0 Å². The van der Waals surface area contributed by atoms with Gasteiger partial charge in [0, 0.05) is 36.2 Å². The minimum absolute atomic E-state index is 0.217. The highest BCUT2D eigenvalue weighted by atomic mass is 16.6. The molecule has 2 rings (SSSR count). The third-order valence-corrected chi connectivity index (χ3v) is 3.98. The molecular formula is C20H25NO5. The zero-order chi connectivity index (χ0) is 19.6. The van der Waals surface area contributed by atoms with Crippen molar-refractivity contribution in [2.45, 2.75) is 33.3 Å². The predicted octanol–water partition coefficient (Wildman–Crippen LogP) is 3.22. The van der Waals surface area contributed by atoms with Gasteiger partial charge in [-0.1, -0.05) is 0 Å². The number of ether oxygens (including phenoxy) is 3. The molecule has 0 atom stereocenters. The fourth-order valence-corrected chi connectivity index (χ4v) is 2.77. The average molecular weight is 359 g/mol. The van der Waals surface area contributed by atoms with Crippen LogP contribution in [0.25, 0.3) is 17.0 Å². The van der Waals surface area contributed by atoms with Crippen molar-refractivity contribution in [3.8, 4) is 11.5 Å². The van der Waals surface area contributed by atoms with Crippen LogP contribution in [0.5, 0.6) is 11.5 Å². The van der Waals surface area contributed by atoms with Crippen molar-refractivity contribution in [2.75, 3.05) is 14.2 Å². The normalized spacial score (nSPS) is 11.8. The highest BCUT2D eigenvalue weighted by molar-refractivity contribution is 5.94. The Morgan fingerprint density at radius 2 is 1.81 bits per heavy atom. The number of nitrogens with zero attached hydrogens (tertiary/aromatic N) is 1. The molecule has 140 valence electrons. The van der Waals surface area contributed by atoms with Crippen molar-refractivity contribution in [3.63, 3.8) is 0 Å². The van der Waals surface area contributed by atoms with Crippen LogP contribution in [0.2, 0.25) is 0 Å². The standard InChI is InChI=1S/C20H25NO5/c1-12-14(8-9-17(22)26-20(2,3)4)19(23)21(5)15-10-13(24-6)11-16(25-7)18(12)15/h8-11H,1-7H3/b9-8+. The molecule has 0 saturated carbocycles. The van der Waals surface area contributed by atoms with Crippen molar-refractivity contribution in [2.24, 2.45) is 7.05 Å². The first-order valence-corrected chi connectivity index (χ1v) is 8.25. The first-order valence-electron chi connectivity index (χ1n) is 8.25. The maximum absolute atomic E-state index is 12.8. The second-order valence-electron chi connectivity index (χ2n) is 6.99. The number of rotatable bonds is 4. The van der Waals surface area contributed by atoms with Crippen LogP contribution < -0.4 is 15.0 Å². The quantitative estimate of drug-likeness (QED) is 0.619. The molecule has 0 unspecified atom stereocenters. The number of fused-ring (bicyclic) bond motifs is 1. The summed E-state index contributed by atoms with van der Waals surface area (Å²) in [4.78, 5) is 24.7. The van der Waals surface area contributed by atoms with Gasteiger partial charge in [-0.2, -0.15) is 0 Å². The number of benzene rings is 1. The summed E-state index contributed by atoms with van der Waals surface area (Å²) >= 11 is 0. The molecule has 0 fully saturated rings. The van der Waals surface area contributed by atoms with Gasteiger partial charge < -0.3 is 18.8 Å². The van der Waals surface area contributed by atoms with E-state index in [0.717, 1.165) is 10.9 Å². The van der Waals surface area contributed by atoms with Crippen LogP contribution in [0.15, 0.2) is 23.0 Å². The SMILES string of the molecule is COc1cc(OC)c2c(C)c(/C=C/C(=O)OC(C)(C)C)c(=O)n(C)c2c1. The Bertz CT molecular complexity index is 932. The zero-order valence-corrected chi connectivity index (χ0v) is 16.3. The molecule has 0 N–H and O–H groups in total. The number of carbonyl (C=O) groups excluding carboxylic acids is 1. The number of hydrogen-bond donors (Lipinski definition) is 0. The molecule has 0 saturated heterocycles. The number of methoxy groups -OCH3 is 2. The monoisotopic (exact) mass is 359 g/mol. The number of aryl methyl sites for hydroxylation is 2. The lowest BCUT2D eigenvalue weighted by Gasteiger charge is -2.18. The van der Waals surface area contributed by atoms with E-state index in [4.69, 9.17) is 14.2 Å². The van der Waals surface area contributed by atoms with Crippen molar-refractivity contribution < 1.29 is 19.0 Å². The lowest BCUT2D eigenvalue weighted by Crippen LogP contribution is -2.23. The van der Waals surface area contributed by atoms with Gasteiger partial charge >= 0.3 is 5.97 Å². The number of pyridine rings is 1. The van der Waals surface area contributed by atoms with Gasteiger partial charge in [-0.25, -0.2) is 4.79 Å². The number of aromatic nitrogens is 1. The molecule has 0 radical (unpaired) electrons. The van der Waals surface area contributed by atoms with E-state index in [1.165, 1.54) is 16.7 Å². The molecule has 26 heavy (non-hydrogen) atoms. The Balaban J connectivity index is 2.66. The lowest BCUT2D eigenvalue weighted by molar-refractivity contribution is -0.148. The first-order chi connectivity index (χ1) is 12.1. The molecular weight excluding hydrogens is 334 g/mol. The van der Waals surface area contributed by atoms with Gasteiger partial charge in [0.25, 0.3) is 5.56 Å². The van der Waals surface area contributed by atoms with Gasteiger partial charge in [0.1, 0.15) is 17.1 Å². The third-order valence-electron chi connectivity index (χ3n) is 3.98. The summed E-state index contributed by atoms with van der Waals surface area (Å²) in [5.74, 6) is 0.695. The first kappa shape index (κ1) is 19.6. The van der Waals surface area contributed by atoms with E-state index in [9.17, 15) is 9.59 Å². The Morgan fingerprint density at radius 3 is 2.35 bits per heavy atom. The van der Waals surface area contributed by atoms with Gasteiger partial charge in [0.2, 0.25) is 0 Å². The Morgan fingerprint density at radius 1 is 1.15 bits per heavy atom. The summed E-state index contributed by atoms with van der Waals surface area (Å²) in [6.07, 6.45) is 2.77. The van der Waals surface area contributed by atoms with E-state index >= 15 is 0 Å². The fraction of sp³-hybridized carbons (Fsp3) is 0.400. The van der Waals surface area contributed by atoms with Crippen LogP contribution in [-0.2, 0) is 16.6 Å². The van der Waals surface area contributed by atoms with Gasteiger partial charge in [0.05, 0.1) is 19.7 Å². The Labute approximate surface area is 153 Å². The van der Waals surface area contributed by atoms with E-state index < -0.39 is 11.6 Å². The van der Waals surface area contributed by atoms with Crippen LogP contribution in [0.1, 0.15) is 31.9 Å². The van der Waals surface area contributed by atoms with Crippen LogP contribution in [0.4, 0.5) is 0 Å². The minimum atomic E-state index is -0.593. The number of hydrogen-bond acceptors (Lipinski definition) is 5. The van der Waals surface area contributed by atoms with E-state index in [0.29, 0.717) is 22.6 Å². The van der Waals surface area contributed by atoms with Gasteiger partial charge in [0.15, 0.2) is 0 Å². The molecule has 0 bridgehead atoms. The van der Waals surface area contributed by atoms with Crippen molar-refractivity contribution in [1.29, 1.82) is 0 Å². The highest BCUT2D eigenvalue weighted by Crippen LogP contribution is 2.33. The van der Waals surface area contributed by atoms with Crippen LogP contribution in [0.3, 0.4) is 0 Å². The van der Waals surface area contributed by atoms with Gasteiger partial charge in [-0.05, 0) is 39.3 Å². The van der Waals surface area contributed by atoms with E-state index in [1.54, 1.807) is 54.2 Å². The van der Waals surface area contributed by atoms with E-state index in [-0.39, 0.29) is 5.56 Å². The van der Waals surface area contributed by atoms with E-state index in [1.807, 2.05) is 6.92 Å². The Hall–Kier alpha value is -2.76. The molecule has 6 heteroatoms. The summed E-state index contributed by atoms with van der Waals surface area (Å²) in [5.41, 5.74) is 1.02. The van der Waals surface area contributed by atoms with Crippen molar-refractivity contribution >= 4 is 22.9 Å². The fourth-order valence-electron chi connectivity index (χ4n) is 2.77. The molecule has 0 amide bonds. The molecule has 1 aromatic carbocycles. The topological polar surface area (TPSA) is 66.8 Å². The summed E-state index contributed by atoms with van der Waals surface area (Å²) < 4.78 is 17.5. The van der Waals surface area contributed by atoms with Crippen molar-refractivity contribution in [1.82, 2.24) is 4.57 Å². The molecule has 0 spiro atoms. The molecule has 0 aliphatic carbocycles. The van der Waals surface area contributed by atoms with Gasteiger partial charge in [-0.3, -0.25) is 4.79 Å². The molecule has 6 nitrogen and oxygen atoms in total. The second-order valence-corrected chi connectivity index (χ2v) is 6.99. The van der Waals surface area contributed by atoms with E-state index in [2.05, 4.69) is 0 Å². The maximum Gasteiger partial charge on any atom is 0.331 e. The zero-order valence-electron chi connectivity index (χ0n) is 16.3. The molecule has 1 aromatic heterocycles. The summed E-state index contributed by atoms with van der Waals surface area (Å²) in [5, 5.41) is 0.791. The van der Waals surface area contributed by atoms with Crippen LogP contribution in [0, 0.1) is 6.92 Å². The summed E-state index contributed by atoms with van der Waals surface area (Å²) in [6.45, 7) is 7.19. The Kier molecular flexibility index (Phi) is 5.44. The highest BCUT2D eigenvalue weighted by Gasteiger charge is 2.17. The van der Waals surface area contributed by atoms with Crippen LogP contribution >= 0.6 is 0 Å². The molecule has 0 aliphatic heterocycles. The minimum Gasteiger partial charge on any atom is -0.497 e. The summed E-state index contributed by atoms with van der Waals surface area (Å²) in [6, 6.07) is 3.55. The van der Waals surface area contributed by atoms with Crippen molar-refractivity contribution in [3.05, 3.63) is 39.7 Å². The molecule has 2 aromatic rings. The number of carbonyl (C=O) groups is 1. The second kappa shape index (κ2) is 7.23. The average Bonchev–Trinajstić information content (AvgIpc) is 2.56. The largest absolute Gasteiger partial charge is 0.497 e. The predicted molar refractivity (Wildman–Crippen MR) is 102 cm³/mol. The number of esters is 1. The molecule has 1 heterocycles.